The zero-order valence-corrected chi connectivity index (χ0v) is 17.7. The van der Waals surface area contributed by atoms with Crippen molar-refractivity contribution in [3.63, 3.8) is 0 Å². The Morgan fingerprint density at radius 3 is 2.62 bits per heavy atom. The predicted molar refractivity (Wildman–Crippen MR) is 114 cm³/mol. The molecule has 7 heteroatoms. The molecule has 0 aliphatic heterocycles. The Kier molecular flexibility index (Phi) is 6.04. The second-order valence-corrected chi connectivity index (χ2v) is 8.40. The van der Waals surface area contributed by atoms with Gasteiger partial charge in [-0.25, -0.2) is 0 Å². The van der Waals surface area contributed by atoms with Crippen LogP contribution in [0.15, 0.2) is 52.2 Å². The second kappa shape index (κ2) is 8.86. The van der Waals surface area contributed by atoms with Crippen LogP contribution in [0.5, 0.6) is 0 Å². The lowest BCUT2D eigenvalue weighted by molar-refractivity contribution is -0.129. The number of rotatable bonds is 6. The first-order valence-corrected chi connectivity index (χ1v) is 11.1. The fourth-order valence-electron chi connectivity index (χ4n) is 3.86. The van der Waals surface area contributed by atoms with E-state index in [1.54, 1.807) is 6.26 Å². The molecule has 0 unspecified atom stereocenters. The van der Waals surface area contributed by atoms with Crippen molar-refractivity contribution in [1.29, 1.82) is 0 Å². The first-order chi connectivity index (χ1) is 14.1. The molecule has 29 heavy (non-hydrogen) atoms. The van der Waals surface area contributed by atoms with Crippen molar-refractivity contribution in [2.24, 2.45) is 0 Å². The first-order valence-electron chi connectivity index (χ1n) is 10.1. The lowest BCUT2D eigenvalue weighted by atomic mass is 9.94. The van der Waals surface area contributed by atoms with E-state index in [9.17, 15) is 4.79 Å². The number of aryl methyl sites for hydroxylation is 1. The molecule has 1 aromatic carbocycles. The molecular formula is C22H26N4O2S. The van der Waals surface area contributed by atoms with E-state index >= 15 is 0 Å². The number of carbonyl (C=O) groups is 1. The van der Waals surface area contributed by atoms with Gasteiger partial charge in [-0.05, 0) is 38.0 Å². The van der Waals surface area contributed by atoms with Crippen LogP contribution in [0.4, 0.5) is 0 Å². The number of para-hydroxylation sites is 1. The van der Waals surface area contributed by atoms with E-state index in [2.05, 4.69) is 10.2 Å². The van der Waals surface area contributed by atoms with Gasteiger partial charge >= 0.3 is 0 Å². The van der Waals surface area contributed by atoms with Gasteiger partial charge in [0, 0.05) is 18.8 Å². The van der Waals surface area contributed by atoms with Crippen LogP contribution < -0.4 is 0 Å². The molecule has 0 atom stereocenters. The Labute approximate surface area is 175 Å². The highest BCUT2D eigenvalue weighted by Crippen LogP contribution is 2.30. The predicted octanol–water partition coefficient (Wildman–Crippen LogP) is 4.72. The maximum atomic E-state index is 12.8. The third-order valence-electron chi connectivity index (χ3n) is 5.59. The minimum absolute atomic E-state index is 0.144. The van der Waals surface area contributed by atoms with Gasteiger partial charge in [-0.3, -0.25) is 9.36 Å². The molecule has 1 aliphatic carbocycles. The highest BCUT2D eigenvalue weighted by atomic mass is 32.2. The van der Waals surface area contributed by atoms with Gasteiger partial charge < -0.3 is 9.32 Å². The number of furan rings is 1. The summed E-state index contributed by atoms with van der Waals surface area (Å²) in [5.74, 6) is 2.00. The third-order valence-corrected chi connectivity index (χ3v) is 6.50. The fourth-order valence-corrected chi connectivity index (χ4v) is 4.74. The van der Waals surface area contributed by atoms with Crippen molar-refractivity contribution in [3.8, 4) is 17.1 Å². The molecule has 1 fully saturated rings. The van der Waals surface area contributed by atoms with Gasteiger partial charge in [-0.1, -0.05) is 49.2 Å². The number of amides is 1. The quantitative estimate of drug-likeness (QED) is 0.550. The van der Waals surface area contributed by atoms with Crippen LogP contribution in [-0.2, 0) is 4.79 Å². The molecule has 0 N–H and O–H groups in total. The van der Waals surface area contributed by atoms with Gasteiger partial charge in [0.25, 0.3) is 0 Å². The number of nitrogens with zero attached hydrogens (tertiary/aromatic N) is 4. The molecule has 2 heterocycles. The van der Waals surface area contributed by atoms with Crippen molar-refractivity contribution in [2.45, 2.75) is 50.2 Å². The maximum Gasteiger partial charge on any atom is 0.233 e. The lowest BCUT2D eigenvalue weighted by Gasteiger charge is -2.31. The number of hydrogen-bond donors (Lipinski definition) is 0. The zero-order chi connectivity index (χ0) is 20.2. The van der Waals surface area contributed by atoms with E-state index in [1.807, 2.05) is 59.8 Å². The van der Waals surface area contributed by atoms with Gasteiger partial charge in [-0.2, -0.15) is 0 Å². The van der Waals surface area contributed by atoms with Crippen LogP contribution >= 0.6 is 11.8 Å². The van der Waals surface area contributed by atoms with Crippen molar-refractivity contribution in [2.75, 3.05) is 12.8 Å². The van der Waals surface area contributed by atoms with Crippen molar-refractivity contribution in [3.05, 3.63) is 48.4 Å². The average Bonchev–Trinajstić information content (AvgIpc) is 3.38. The monoisotopic (exact) mass is 410 g/mol. The molecule has 4 rings (SSSR count). The number of hydrogen-bond acceptors (Lipinski definition) is 5. The molecule has 0 spiro atoms. The Balaban J connectivity index is 1.57. The summed E-state index contributed by atoms with van der Waals surface area (Å²) in [4.78, 5) is 14.7. The van der Waals surface area contributed by atoms with Gasteiger partial charge in [0.15, 0.2) is 11.0 Å². The molecule has 0 bridgehead atoms. The van der Waals surface area contributed by atoms with E-state index in [0.717, 1.165) is 35.7 Å². The Morgan fingerprint density at radius 1 is 1.17 bits per heavy atom. The van der Waals surface area contributed by atoms with Gasteiger partial charge in [0.2, 0.25) is 5.91 Å². The molecule has 1 saturated carbocycles. The summed E-state index contributed by atoms with van der Waals surface area (Å²) in [5.41, 5.74) is 1.86. The van der Waals surface area contributed by atoms with E-state index in [1.165, 1.54) is 31.0 Å². The molecular weight excluding hydrogens is 384 g/mol. The minimum atomic E-state index is 0.144. The molecule has 1 aliphatic rings. The van der Waals surface area contributed by atoms with Crippen LogP contribution in [0, 0.1) is 6.92 Å². The normalized spacial score (nSPS) is 14.8. The third kappa shape index (κ3) is 4.24. The van der Waals surface area contributed by atoms with Crippen LogP contribution in [-0.4, -0.2) is 44.4 Å². The van der Waals surface area contributed by atoms with Crippen molar-refractivity contribution >= 4 is 17.7 Å². The number of aromatic nitrogens is 3. The van der Waals surface area contributed by atoms with E-state index in [-0.39, 0.29) is 5.91 Å². The Hall–Kier alpha value is -2.54. The summed E-state index contributed by atoms with van der Waals surface area (Å²) < 4.78 is 7.46. The van der Waals surface area contributed by atoms with Gasteiger partial charge in [0.1, 0.15) is 5.76 Å². The highest BCUT2D eigenvalue weighted by Gasteiger charge is 2.24. The summed E-state index contributed by atoms with van der Waals surface area (Å²) in [6, 6.07) is 12.2. The minimum Gasteiger partial charge on any atom is -0.469 e. The molecule has 1 amide bonds. The zero-order valence-electron chi connectivity index (χ0n) is 16.9. The smallest absolute Gasteiger partial charge is 0.233 e. The van der Waals surface area contributed by atoms with E-state index in [4.69, 9.17) is 4.42 Å². The van der Waals surface area contributed by atoms with Crippen LogP contribution in [0.1, 0.15) is 37.9 Å². The lowest BCUT2D eigenvalue weighted by Crippen LogP contribution is -2.39. The Bertz CT molecular complexity index is 960. The first kappa shape index (κ1) is 19.8. The standard InChI is InChI=1S/C22H26N4O2S/c1-16-19(13-14-28-16)21-23-24-22(26(21)18-11-7-4-8-12-18)29-15-20(27)25(2)17-9-5-3-6-10-17/h4,7-8,11-14,17H,3,5-6,9-10,15H2,1-2H3. The molecule has 3 aromatic rings. The molecule has 6 nitrogen and oxygen atoms in total. The van der Waals surface area contributed by atoms with E-state index in [0.29, 0.717) is 17.0 Å². The summed E-state index contributed by atoms with van der Waals surface area (Å²) in [6.45, 7) is 1.91. The van der Waals surface area contributed by atoms with Crippen molar-refractivity contribution in [1.82, 2.24) is 19.7 Å². The Morgan fingerprint density at radius 2 is 1.93 bits per heavy atom. The number of benzene rings is 1. The number of carbonyl (C=O) groups excluding carboxylic acids is 1. The second-order valence-electron chi connectivity index (χ2n) is 7.45. The van der Waals surface area contributed by atoms with Gasteiger partial charge in [-0.15, -0.1) is 10.2 Å². The maximum absolute atomic E-state index is 12.8. The van der Waals surface area contributed by atoms with E-state index < -0.39 is 0 Å². The summed E-state index contributed by atoms with van der Waals surface area (Å²) in [5, 5.41) is 9.52. The summed E-state index contributed by atoms with van der Waals surface area (Å²) in [6.07, 6.45) is 7.58. The van der Waals surface area contributed by atoms with Crippen LogP contribution in [0.2, 0.25) is 0 Å². The summed E-state index contributed by atoms with van der Waals surface area (Å²) in [7, 11) is 1.93. The molecule has 152 valence electrons. The molecule has 2 aromatic heterocycles. The molecule has 0 radical (unpaired) electrons. The molecule has 0 saturated heterocycles. The number of thioether (sulfide) groups is 1. The largest absolute Gasteiger partial charge is 0.469 e. The van der Waals surface area contributed by atoms with Crippen LogP contribution in [0.3, 0.4) is 0 Å². The van der Waals surface area contributed by atoms with Crippen molar-refractivity contribution < 1.29 is 9.21 Å². The average molecular weight is 411 g/mol. The fraction of sp³-hybridized carbons (Fsp3) is 0.409. The highest BCUT2D eigenvalue weighted by molar-refractivity contribution is 7.99. The van der Waals surface area contributed by atoms with Crippen LogP contribution in [0.25, 0.3) is 17.1 Å². The topological polar surface area (TPSA) is 64.2 Å². The summed E-state index contributed by atoms with van der Waals surface area (Å²) >= 11 is 1.43. The van der Waals surface area contributed by atoms with Gasteiger partial charge in [0.05, 0.1) is 17.6 Å². The SMILES string of the molecule is Cc1occc1-c1nnc(SCC(=O)N(C)C2CCCCC2)n1-c1ccccc1.